The highest BCUT2D eigenvalue weighted by Crippen LogP contribution is 2.51. The number of nitrogens with one attached hydrogen (secondary N) is 1. The van der Waals surface area contributed by atoms with Crippen LogP contribution < -0.4 is 10.1 Å². The Balaban J connectivity index is 1.47. The molecule has 3 atom stereocenters. The van der Waals surface area contributed by atoms with E-state index in [9.17, 15) is 14.7 Å². The lowest BCUT2D eigenvalue weighted by Crippen LogP contribution is -2.37. The minimum Gasteiger partial charge on any atom is -0.494 e. The van der Waals surface area contributed by atoms with Gasteiger partial charge in [0.1, 0.15) is 11.5 Å². The van der Waals surface area contributed by atoms with Crippen LogP contribution in [0.2, 0.25) is 0 Å². The van der Waals surface area contributed by atoms with Crippen LogP contribution in [0, 0.1) is 5.92 Å². The van der Waals surface area contributed by atoms with E-state index >= 15 is 0 Å². The topological polar surface area (TPSA) is 95.3 Å². The van der Waals surface area contributed by atoms with Gasteiger partial charge in [0, 0.05) is 30.8 Å². The third-order valence-corrected chi connectivity index (χ3v) is 6.92. The molecule has 3 heterocycles. The van der Waals surface area contributed by atoms with Crippen LogP contribution >= 0.6 is 0 Å². The zero-order valence-corrected chi connectivity index (χ0v) is 19.8. The normalized spacial score (nSPS) is 20.5. The van der Waals surface area contributed by atoms with Crippen molar-refractivity contribution in [1.29, 1.82) is 0 Å². The van der Waals surface area contributed by atoms with Crippen LogP contribution in [0.1, 0.15) is 52.7 Å². The number of carbonyl (C=O) groups is 2. The third-order valence-electron chi connectivity index (χ3n) is 6.92. The molecule has 5 rings (SSSR count). The van der Waals surface area contributed by atoms with E-state index < -0.39 is 6.09 Å². The number of rotatable bonds is 6. The number of ether oxygens (including phenoxy) is 1. The van der Waals surface area contributed by atoms with E-state index in [0.717, 1.165) is 29.0 Å². The van der Waals surface area contributed by atoms with Crippen molar-refractivity contribution in [2.24, 2.45) is 5.92 Å². The summed E-state index contributed by atoms with van der Waals surface area (Å²) in [6, 6.07) is 16.7. The van der Waals surface area contributed by atoms with E-state index in [1.165, 1.54) is 4.90 Å². The Morgan fingerprint density at radius 1 is 1.20 bits per heavy atom. The van der Waals surface area contributed by atoms with E-state index in [4.69, 9.17) is 9.15 Å². The number of hydrogen-bond donors (Lipinski definition) is 2. The summed E-state index contributed by atoms with van der Waals surface area (Å²) < 4.78 is 10.9. The van der Waals surface area contributed by atoms with Crippen LogP contribution in [0.4, 0.5) is 10.5 Å². The molecular formula is C27H29N3O5. The number of hydrogen-bond acceptors (Lipinski definition) is 5. The molecule has 0 bridgehead atoms. The molecule has 8 heteroatoms. The van der Waals surface area contributed by atoms with Crippen LogP contribution in [0.25, 0.3) is 0 Å². The van der Waals surface area contributed by atoms with Crippen LogP contribution in [0.5, 0.6) is 5.75 Å². The second kappa shape index (κ2) is 9.37. The van der Waals surface area contributed by atoms with Gasteiger partial charge < -0.3 is 29.4 Å². The monoisotopic (exact) mass is 475 g/mol. The van der Waals surface area contributed by atoms with Gasteiger partial charge in [0.15, 0.2) is 0 Å². The first kappa shape index (κ1) is 22.8. The van der Waals surface area contributed by atoms with Gasteiger partial charge in [-0.15, -0.1) is 0 Å². The molecule has 0 aliphatic carbocycles. The number of furan rings is 1. The lowest BCUT2D eigenvalue weighted by molar-refractivity contribution is 0.0775. The second-order valence-electron chi connectivity index (χ2n) is 9.04. The minimum absolute atomic E-state index is 0.0442. The van der Waals surface area contributed by atoms with Crippen molar-refractivity contribution in [1.82, 2.24) is 9.80 Å². The molecule has 1 fully saturated rings. The number of amides is 2. The molecule has 0 saturated carbocycles. The molecule has 2 aliphatic heterocycles. The van der Waals surface area contributed by atoms with Crippen molar-refractivity contribution in [3.63, 3.8) is 0 Å². The van der Waals surface area contributed by atoms with Gasteiger partial charge in [-0.25, -0.2) is 4.79 Å². The fraction of sp³-hybridized carbons (Fsp3) is 0.333. The number of benzene rings is 2. The summed E-state index contributed by atoms with van der Waals surface area (Å²) in [6.07, 6.45) is 1.37. The molecule has 35 heavy (non-hydrogen) atoms. The number of nitrogens with zero attached hydrogens (tertiary/aromatic N) is 2. The van der Waals surface area contributed by atoms with Crippen LogP contribution in [-0.4, -0.2) is 47.1 Å². The highest BCUT2D eigenvalue weighted by molar-refractivity contribution is 5.95. The number of anilines is 1. The summed E-state index contributed by atoms with van der Waals surface area (Å²) in [5.41, 5.74) is 3.30. The smallest absolute Gasteiger partial charge is 0.407 e. The van der Waals surface area contributed by atoms with E-state index in [1.807, 2.05) is 49.4 Å². The Labute approximate surface area is 204 Å². The number of carboxylic acid groups (broad SMARTS) is 1. The van der Waals surface area contributed by atoms with Gasteiger partial charge in [-0.1, -0.05) is 12.1 Å². The highest BCUT2D eigenvalue weighted by Gasteiger charge is 2.46. The zero-order chi connectivity index (χ0) is 24.5. The number of likely N-dealkylation sites (tertiary alicyclic amines) is 1. The maximum atomic E-state index is 13.2. The van der Waals surface area contributed by atoms with E-state index in [-0.39, 0.29) is 23.9 Å². The standard InChI is InChI=1S/C27H29N3O5/c1-3-34-19-9-6-17(7-10-19)24-21-12-13-30(27(32)33)25(21)22-15-18(8-11-23(22)28-24)26(31)29(2)16-20-5-4-14-35-20/h4-11,14-15,21,24-25,28H,3,12-13,16H2,1-2H3,(H,32,33). The fourth-order valence-corrected chi connectivity index (χ4v) is 5.32. The summed E-state index contributed by atoms with van der Waals surface area (Å²) in [5, 5.41) is 13.6. The molecule has 182 valence electrons. The quantitative estimate of drug-likeness (QED) is 0.511. The van der Waals surface area contributed by atoms with Crippen molar-refractivity contribution in [3.8, 4) is 5.75 Å². The molecule has 1 saturated heterocycles. The van der Waals surface area contributed by atoms with Crippen molar-refractivity contribution in [3.05, 3.63) is 83.3 Å². The summed E-state index contributed by atoms with van der Waals surface area (Å²) in [7, 11) is 1.73. The maximum Gasteiger partial charge on any atom is 0.407 e. The van der Waals surface area contributed by atoms with Crippen molar-refractivity contribution in [2.75, 3.05) is 25.5 Å². The molecule has 2 amide bonds. The first-order valence-corrected chi connectivity index (χ1v) is 11.9. The van der Waals surface area contributed by atoms with Crippen molar-refractivity contribution >= 4 is 17.7 Å². The van der Waals surface area contributed by atoms with Crippen LogP contribution in [0.3, 0.4) is 0 Å². The predicted octanol–water partition coefficient (Wildman–Crippen LogP) is 5.16. The van der Waals surface area contributed by atoms with Crippen LogP contribution in [-0.2, 0) is 6.54 Å². The summed E-state index contributed by atoms with van der Waals surface area (Å²) in [4.78, 5) is 28.4. The molecular weight excluding hydrogens is 446 g/mol. The van der Waals surface area contributed by atoms with Gasteiger partial charge in [0.25, 0.3) is 5.91 Å². The van der Waals surface area contributed by atoms with Gasteiger partial charge in [-0.2, -0.15) is 0 Å². The molecule has 2 N–H and O–H groups in total. The Kier molecular flexibility index (Phi) is 6.11. The third kappa shape index (κ3) is 4.32. The zero-order valence-electron chi connectivity index (χ0n) is 19.8. The Morgan fingerprint density at radius 2 is 2.00 bits per heavy atom. The van der Waals surface area contributed by atoms with E-state index in [0.29, 0.717) is 31.0 Å². The minimum atomic E-state index is -0.942. The lowest BCUT2D eigenvalue weighted by atomic mass is 9.79. The first-order chi connectivity index (χ1) is 17.0. The maximum absolute atomic E-state index is 13.2. The molecule has 1 aromatic heterocycles. The summed E-state index contributed by atoms with van der Waals surface area (Å²) >= 11 is 0. The Bertz CT molecular complexity index is 1210. The summed E-state index contributed by atoms with van der Waals surface area (Å²) in [6.45, 7) is 3.36. The summed E-state index contributed by atoms with van der Waals surface area (Å²) in [5.74, 6) is 1.41. The fourth-order valence-electron chi connectivity index (χ4n) is 5.32. The van der Waals surface area contributed by atoms with Gasteiger partial charge in [0.05, 0.1) is 31.5 Å². The predicted molar refractivity (Wildman–Crippen MR) is 131 cm³/mol. The average Bonchev–Trinajstić information content (AvgIpc) is 3.54. The van der Waals surface area contributed by atoms with Crippen molar-refractivity contribution < 1.29 is 23.8 Å². The van der Waals surface area contributed by atoms with Gasteiger partial charge >= 0.3 is 6.09 Å². The second-order valence-corrected chi connectivity index (χ2v) is 9.04. The molecule has 0 spiro atoms. The molecule has 3 aromatic rings. The van der Waals surface area contributed by atoms with Crippen molar-refractivity contribution in [2.45, 2.75) is 32.0 Å². The Morgan fingerprint density at radius 3 is 2.69 bits per heavy atom. The lowest BCUT2D eigenvalue weighted by Gasteiger charge is -2.39. The average molecular weight is 476 g/mol. The number of fused-ring (bicyclic) bond motifs is 3. The molecule has 2 aliphatic rings. The SMILES string of the molecule is CCOc1ccc(C2Nc3ccc(C(=O)N(C)Cc4ccco4)cc3C3C2CCN3C(=O)O)cc1. The Hall–Kier alpha value is -3.94. The number of carbonyl (C=O) groups excluding carboxylic acids is 1. The highest BCUT2D eigenvalue weighted by atomic mass is 16.5. The molecule has 8 nitrogen and oxygen atoms in total. The van der Waals surface area contributed by atoms with Gasteiger partial charge in [-0.3, -0.25) is 4.79 Å². The molecule has 3 unspecified atom stereocenters. The molecule has 2 aromatic carbocycles. The van der Waals surface area contributed by atoms with E-state index in [2.05, 4.69) is 5.32 Å². The van der Waals surface area contributed by atoms with E-state index in [1.54, 1.807) is 30.3 Å². The van der Waals surface area contributed by atoms with Crippen LogP contribution in [0.15, 0.2) is 65.3 Å². The van der Waals surface area contributed by atoms with Gasteiger partial charge in [-0.05, 0) is 66.9 Å². The largest absolute Gasteiger partial charge is 0.494 e. The molecule has 0 radical (unpaired) electrons. The van der Waals surface area contributed by atoms with Gasteiger partial charge in [0.2, 0.25) is 0 Å². The first-order valence-electron chi connectivity index (χ1n) is 11.9.